The van der Waals surface area contributed by atoms with E-state index in [2.05, 4.69) is 113 Å². The molecule has 294 valence electrons. The molecule has 0 heterocycles. The molecule has 0 aliphatic carbocycles. The van der Waals surface area contributed by atoms with Crippen LogP contribution in [0.5, 0.6) is 0 Å². The first-order valence-corrected chi connectivity index (χ1v) is 21.5. The standard InChI is InChI=1S/C50H88O/c1-41(2)21-12-22-42(3)23-13-24-43(4)25-14-26-44(5)27-15-28-45(6)29-16-30-46(7)31-17-32-47(8)33-18-34-48(9)35-19-36-49(10)37-20-38-50(11)39-40-51/h27,29,31,33,35,37,39,41-43,51H,12-26,28,30,32,34,36,38,40H2,1-11H3/b44-27+,45-29-,46-31-,47-33-,48-35-,49-37-,50-39-/t42-,43-/m1/s1. The summed E-state index contributed by atoms with van der Waals surface area (Å²) < 4.78 is 0. The number of aliphatic hydroxyl groups is 1. The van der Waals surface area contributed by atoms with Gasteiger partial charge < -0.3 is 5.11 Å². The van der Waals surface area contributed by atoms with Crippen molar-refractivity contribution >= 4 is 0 Å². The van der Waals surface area contributed by atoms with E-state index < -0.39 is 0 Å². The SMILES string of the molecule is C/C(=C/CO)CC/C=C(/C)CC/C=C(/C)CC/C=C(/C)CC/C=C(/C)CC/C=C(/C)CC/C=C(\C)CCC[C@H](C)CCC[C@H](C)CCCC(C)C. The second-order valence-corrected chi connectivity index (χ2v) is 17.1. The minimum atomic E-state index is 0.152. The molecule has 0 aromatic carbocycles. The third kappa shape index (κ3) is 33.7. The number of rotatable bonds is 31. The van der Waals surface area contributed by atoms with Crippen LogP contribution in [0, 0.1) is 17.8 Å². The lowest BCUT2D eigenvalue weighted by Gasteiger charge is -2.15. The average molecular weight is 705 g/mol. The lowest BCUT2D eigenvalue weighted by molar-refractivity contribution is 0.341. The Kier molecular flexibility index (Phi) is 31.6. The Hall–Kier alpha value is -1.86. The van der Waals surface area contributed by atoms with Crippen LogP contribution in [0.25, 0.3) is 0 Å². The lowest BCUT2D eigenvalue weighted by atomic mass is 9.91. The third-order valence-electron chi connectivity index (χ3n) is 10.8. The molecule has 51 heavy (non-hydrogen) atoms. The van der Waals surface area contributed by atoms with E-state index in [4.69, 9.17) is 5.11 Å². The van der Waals surface area contributed by atoms with Gasteiger partial charge in [0.1, 0.15) is 0 Å². The summed E-state index contributed by atoms with van der Waals surface area (Å²) in [5.41, 5.74) is 10.5. The molecule has 0 saturated carbocycles. The Morgan fingerprint density at radius 1 is 0.353 bits per heavy atom. The predicted octanol–water partition coefficient (Wildman–Crippen LogP) is 16.7. The molecule has 0 saturated heterocycles. The zero-order valence-electron chi connectivity index (χ0n) is 36.3. The van der Waals surface area contributed by atoms with Crippen molar-refractivity contribution in [3.63, 3.8) is 0 Å². The Morgan fingerprint density at radius 2 is 0.608 bits per heavy atom. The van der Waals surface area contributed by atoms with Crippen molar-refractivity contribution in [2.45, 2.75) is 211 Å². The summed E-state index contributed by atoms with van der Waals surface area (Å²) in [4.78, 5) is 0. The van der Waals surface area contributed by atoms with Crippen molar-refractivity contribution in [3.8, 4) is 0 Å². The molecule has 0 aromatic heterocycles. The topological polar surface area (TPSA) is 20.2 Å². The molecule has 0 radical (unpaired) electrons. The summed E-state index contributed by atoms with van der Waals surface area (Å²) in [5, 5.41) is 8.98. The van der Waals surface area contributed by atoms with Gasteiger partial charge in [-0.15, -0.1) is 0 Å². The highest BCUT2D eigenvalue weighted by atomic mass is 16.2. The monoisotopic (exact) mass is 705 g/mol. The Morgan fingerprint density at radius 3 is 0.902 bits per heavy atom. The summed E-state index contributed by atoms with van der Waals surface area (Å²) in [5.74, 6) is 2.64. The van der Waals surface area contributed by atoms with Crippen molar-refractivity contribution in [3.05, 3.63) is 81.5 Å². The Balaban J connectivity index is 4.12. The summed E-state index contributed by atoms with van der Waals surface area (Å²) in [6, 6.07) is 0. The van der Waals surface area contributed by atoms with Crippen LogP contribution in [-0.4, -0.2) is 11.7 Å². The Labute approximate surface area is 321 Å². The van der Waals surface area contributed by atoms with Gasteiger partial charge >= 0.3 is 0 Å². The minimum Gasteiger partial charge on any atom is -0.392 e. The zero-order chi connectivity index (χ0) is 38.3. The van der Waals surface area contributed by atoms with Crippen molar-refractivity contribution in [2.24, 2.45) is 17.8 Å². The van der Waals surface area contributed by atoms with Gasteiger partial charge in [0, 0.05) is 0 Å². The van der Waals surface area contributed by atoms with Gasteiger partial charge in [-0.3, -0.25) is 0 Å². The van der Waals surface area contributed by atoms with E-state index in [-0.39, 0.29) is 6.61 Å². The molecule has 1 N–H and O–H groups in total. The van der Waals surface area contributed by atoms with Gasteiger partial charge in [0.15, 0.2) is 0 Å². The molecule has 0 unspecified atom stereocenters. The van der Waals surface area contributed by atoms with Crippen LogP contribution in [0.15, 0.2) is 81.5 Å². The molecule has 0 rings (SSSR count). The number of aliphatic hydroxyl groups excluding tert-OH is 1. The van der Waals surface area contributed by atoms with Gasteiger partial charge in [-0.05, 0) is 156 Å². The lowest BCUT2D eigenvalue weighted by Crippen LogP contribution is -2.00. The molecule has 0 fully saturated rings. The predicted molar refractivity (Wildman–Crippen MR) is 234 cm³/mol. The van der Waals surface area contributed by atoms with Crippen molar-refractivity contribution in [1.29, 1.82) is 0 Å². The van der Waals surface area contributed by atoms with Crippen molar-refractivity contribution < 1.29 is 5.11 Å². The first kappa shape index (κ1) is 49.1. The van der Waals surface area contributed by atoms with Crippen LogP contribution >= 0.6 is 0 Å². The van der Waals surface area contributed by atoms with Gasteiger partial charge in [0.05, 0.1) is 6.61 Å². The molecular weight excluding hydrogens is 617 g/mol. The van der Waals surface area contributed by atoms with E-state index in [0.717, 1.165) is 56.3 Å². The molecule has 0 bridgehead atoms. The summed E-state index contributed by atoms with van der Waals surface area (Å²) >= 11 is 0. The van der Waals surface area contributed by atoms with Gasteiger partial charge in [-0.25, -0.2) is 0 Å². The van der Waals surface area contributed by atoms with E-state index in [1.165, 1.54) is 124 Å². The quantitative estimate of drug-likeness (QED) is 0.0712. The summed E-state index contributed by atoms with van der Waals surface area (Å²) in [6.07, 6.45) is 42.9. The fraction of sp³-hybridized carbons (Fsp3) is 0.720. The molecule has 0 aromatic rings. The molecule has 1 nitrogen and oxygen atoms in total. The van der Waals surface area contributed by atoms with Gasteiger partial charge in [0.25, 0.3) is 0 Å². The van der Waals surface area contributed by atoms with Crippen LogP contribution in [0.4, 0.5) is 0 Å². The molecule has 0 spiro atoms. The van der Waals surface area contributed by atoms with Crippen LogP contribution in [0.1, 0.15) is 211 Å². The maximum absolute atomic E-state index is 8.98. The Bertz CT molecular complexity index is 1080. The van der Waals surface area contributed by atoms with Gasteiger partial charge in [0.2, 0.25) is 0 Å². The number of hydrogen-bond donors (Lipinski definition) is 1. The summed E-state index contributed by atoms with van der Waals surface area (Å²) in [6.45, 7) is 25.7. The highest BCUT2D eigenvalue weighted by Crippen LogP contribution is 2.23. The van der Waals surface area contributed by atoms with E-state index >= 15 is 0 Å². The molecule has 2 atom stereocenters. The maximum Gasteiger partial charge on any atom is 0.0614 e. The molecule has 0 amide bonds. The third-order valence-corrected chi connectivity index (χ3v) is 10.8. The van der Waals surface area contributed by atoms with Gasteiger partial charge in [-0.2, -0.15) is 0 Å². The fourth-order valence-electron chi connectivity index (χ4n) is 6.86. The first-order valence-electron chi connectivity index (χ1n) is 21.5. The van der Waals surface area contributed by atoms with Crippen LogP contribution in [0.3, 0.4) is 0 Å². The molecule has 0 aliphatic heterocycles. The highest BCUT2D eigenvalue weighted by molar-refractivity contribution is 5.09. The van der Waals surface area contributed by atoms with Crippen molar-refractivity contribution in [1.82, 2.24) is 0 Å². The largest absolute Gasteiger partial charge is 0.392 e. The summed E-state index contributed by atoms with van der Waals surface area (Å²) in [7, 11) is 0. The average Bonchev–Trinajstić information content (AvgIpc) is 3.04. The van der Waals surface area contributed by atoms with Crippen LogP contribution in [0.2, 0.25) is 0 Å². The van der Waals surface area contributed by atoms with Crippen LogP contribution < -0.4 is 0 Å². The molecule has 1 heteroatoms. The number of hydrogen-bond acceptors (Lipinski definition) is 1. The second-order valence-electron chi connectivity index (χ2n) is 17.1. The van der Waals surface area contributed by atoms with E-state index in [0.29, 0.717) is 0 Å². The van der Waals surface area contributed by atoms with Gasteiger partial charge in [-0.1, -0.05) is 154 Å². The number of allylic oxidation sites excluding steroid dienone is 13. The van der Waals surface area contributed by atoms with Crippen LogP contribution in [-0.2, 0) is 0 Å². The second kappa shape index (κ2) is 32.8. The molecule has 0 aliphatic rings. The van der Waals surface area contributed by atoms with E-state index in [1.54, 1.807) is 11.1 Å². The minimum absolute atomic E-state index is 0.152. The fourth-order valence-corrected chi connectivity index (χ4v) is 6.86. The van der Waals surface area contributed by atoms with E-state index in [1.807, 2.05) is 6.08 Å². The first-order chi connectivity index (χ1) is 24.3. The smallest absolute Gasteiger partial charge is 0.0614 e. The highest BCUT2D eigenvalue weighted by Gasteiger charge is 2.07. The normalized spacial score (nSPS) is 15.7. The van der Waals surface area contributed by atoms with E-state index in [9.17, 15) is 0 Å². The zero-order valence-corrected chi connectivity index (χ0v) is 36.3. The van der Waals surface area contributed by atoms with Crippen molar-refractivity contribution in [2.75, 3.05) is 6.61 Å². The maximum atomic E-state index is 8.98. The molecular formula is C50H88O.